The van der Waals surface area contributed by atoms with E-state index in [0.29, 0.717) is 18.7 Å². The summed E-state index contributed by atoms with van der Waals surface area (Å²) in [5.74, 6) is -1.44. The first kappa shape index (κ1) is 31.1. The predicted molar refractivity (Wildman–Crippen MR) is 180 cm³/mol. The van der Waals surface area contributed by atoms with Crippen molar-refractivity contribution in [3.05, 3.63) is 171 Å². The molecule has 7 rings (SSSR count). The van der Waals surface area contributed by atoms with E-state index in [-0.39, 0.29) is 54.1 Å². The molecule has 0 bridgehead atoms. The minimum absolute atomic E-state index is 0.0522. The first-order chi connectivity index (χ1) is 23.5. The lowest BCUT2D eigenvalue weighted by atomic mass is 9.94. The number of hydrogen-bond donors (Lipinski definition) is 1. The highest BCUT2D eigenvalue weighted by Gasteiger charge is 2.43. The van der Waals surface area contributed by atoms with Gasteiger partial charge in [0.2, 0.25) is 5.43 Å². The van der Waals surface area contributed by atoms with Crippen LogP contribution in [0.25, 0.3) is 0 Å². The summed E-state index contributed by atoms with van der Waals surface area (Å²) in [6.07, 6.45) is 1.89. The maximum Gasteiger partial charge on any atom is 0.275 e. The van der Waals surface area contributed by atoms with Gasteiger partial charge in [0.05, 0.1) is 12.6 Å². The van der Waals surface area contributed by atoms with Crippen LogP contribution in [0, 0.1) is 5.82 Å². The van der Waals surface area contributed by atoms with Gasteiger partial charge in [0, 0.05) is 25.8 Å². The van der Waals surface area contributed by atoms with E-state index < -0.39 is 11.3 Å². The molecule has 1 N–H and O–H groups in total. The molecule has 8 nitrogen and oxygen atoms in total. The van der Waals surface area contributed by atoms with Crippen molar-refractivity contribution >= 4 is 11.8 Å². The fraction of sp³-hybridized carbons (Fsp3) is 0.205. The quantitative estimate of drug-likeness (QED) is 0.221. The molecule has 0 radical (unpaired) electrons. The van der Waals surface area contributed by atoms with Crippen molar-refractivity contribution in [2.75, 3.05) is 13.1 Å². The number of amides is 2. The van der Waals surface area contributed by atoms with Gasteiger partial charge in [0.25, 0.3) is 11.8 Å². The van der Waals surface area contributed by atoms with E-state index in [2.05, 4.69) is 34.5 Å². The highest BCUT2D eigenvalue weighted by molar-refractivity contribution is 5.99. The summed E-state index contributed by atoms with van der Waals surface area (Å²) in [7, 11) is 0. The molecule has 48 heavy (non-hydrogen) atoms. The van der Waals surface area contributed by atoms with Crippen molar-refractivity contribution in [2.45, 2.75) is 38.3 Å². The largest absolute Gasteiger partial charge is 0.483 e. The van der Waals surface area contributed by atoms with Crippen LogP contribution in [0.5, 0.6) is 5.75 Å². The van der Waals surface area contributed by atoms with Gasteiger partial charge in [-0.25, -0.2) is 4.39 Å². The molecule has 2 aliphatic rings. The van der Waals surface area contributed by atoms with Crippen LogP contribution in [0.15, 0.2) is 126 Å². The Morgan fingerprint density at radius 3 is 2.08 bits per heavy atom. The Labute approximate surface area is 278 Å². The molecule has 0 saturated carbocycles. The number of pyridine rings is 1. The first-order valence-corrected chi connectivity index (χ1v) is 16.1. The number of halogens is 1. The molecule has 4 aromatic carbocycles. The third-order valence-corrected chi connectivity index (χ3v) is 9.02. The second kappa shape index (κ2) is 13.7. The molecule has 1 unspecified atom stereocenters. The van der Waals surface area contributed by atoms with Crippen LogP contribution in [0.4, 0.5) is 4.39 Å². The number of nitrogens with zero attached hydrogens (tertiary/aromatic N) is 3. The summed E-state index contributed by atoms with van der Waals surface area (Å²) in [6, 6.07) is 35.5. The monoisotopic (exact) mass is 642 g/mol. The maximum absolute atomic E-state index is 14.4. The van der Waals surface area contributed by atoms with Crippen molar-refractivity contribution in [3.63, 3.8) is 0 Å². The number of rotatable bonds is 9. The predicted octanol–water partition coefficient (Wildman–Crippen LogP) is 5.77. The summed E-state index contributed by atoms with van der Waals surface area (Å²) in [4.78, 5) is 46.1. The number of hydrogen-bond acceptors (Lipinski definition) is 5. The summed E-state index contributed by atoms with van der Waals surface area (Å²) in [6.45, 7) is 1.76. The molecule has 0 aliphatic carbocycles. The molecular formula is C39H35FN4O4. The van der Waals surface area contributed by atoms with Crippen LogP contribution in [0.3, 0.4) is 0 Å². The van der Waals surface area contributed by atoms with Crippen molar-refractivity contribution in [3.8, 4) is 5.75 Å². The van der Waals surface area contributed by atoms with Gasteiger partial charge in [-0.15, -0.1) is 0 Å². The first-order valence-electron chi connectivity index (χ1n) is 16.1. The zero-order valence-corrected chi connectivity index (χ0v) is 26.3. The van der Waals surface area contributed by atoms with Crippen LogP contribution in [0.1, 0.15) is 55.6 Å². The summed E-state index contributed by atoms with van der Waals surface area (Å²) >= 11 is 0. The fourth-order valence-corrected chi connectivity index (χ4v) is 6.71. The number of carbonyl (C=O) groups excluding carboxylic acids is 2. The van der Waals surface area contributed by atoms with Crippen LogP contribution in [-0.4, -0.2) is 45.4 Å². The number of nitrogens with one attached hydrogen (secondary N) is 1. The topological polar surface area (TPSA) is 83.9 Å². The number of aromatic nitrogens is 1. The molecular weight excluding hydrogens is 607 g/mol. The Bertz CT molecular complexity index is 1930. The second-order valence-electron chi connectivity index (χ2n) is 12.1. The van der Waals surface area contributed by atoms with Crippen LogP contribution >= 0.6 is 0 Å². The summed E-state index contributed by atoms with van der Waals surface area (Å²) in [5.41, 5.74) is 3.07. The zero-order valence-electron chi connectivity index (χ0n) is 26.3. The Morgan fingerprint density at radius 1 is 0.812 bits per heavy atom. The van der Waals surface area contributed by atoms with Gasteiger partial charge in [-0.1, -0.05) is 103 Å². The Kier molecular flexibility index (Phi) is 8.85. The normalized spacial score (nSPS) is 15.9. The number of carbonyl (C=O) groups is 2. The minimum atomic E-state index is -0.652. The molecule has 5 aromatic rings. The van der Waals surface area contributed by atoms with Crippen molar-refractivity contribution in [2.24, 2.45) is 0 Å². The van der Waals surface area contributed by atoms with E-state index in [1.165, 1.54) is 18.3 Å². The molecule has 9 heteroatoms. The van der Waals surface area contributed by atoms with E-state index >= 15 is 0 Å². The van der Waals surface area contributed by atoms with Gasteiger partial charge >= 0.3 is 0 Å². The molecule has 2 aliphatic heterocycles. The maximum atomic E-state index is 14.4. The van der Waals surface area contributed by atoms with Gasteiger partial charge in [-0.3, -0.25) is 19.3 Å². The fourth-order valence-electron chi connectivity index (χ4n) is 6.71. The van der Waals surface area contributed by atoms with Crippen LogP contribution in [0.2, 0.25) is 0 Å². The van der Waals surface area contributed by atoms with E-state index in [1.807, 2.05) is 71.6 Å². The van der Waals surface area contributed by atoms with Gasteiger partial charge in [-0.2, -0.15) is 0 Å². The Morgan fingerprint density at radius 2 is 1.44 bits per heavy atom. The number of fused-ring (bicyclic) bond motifs is 2. The second-order valence-corrected chi connectivity index (χ2v) is 12.1. The van der Waals surface area contributed by atoms with Crippen LogP contribution in [-0.2, 0) is 19.7 Å². The lowest BCUT2D eigenvalue weighted by molar-refractivity contribution is -0.0240. The lowest BCUT2D eigenvalue weighted by Crippen LogP contribution is -2.61. The molecule has 242 valence electrons. The van der Waals surface area contributed by atoms with E-state index in [4.69, 9.17) is 4.74 Å². The average Bonchev–Trinajstić information content (AvgIpc) is 3.12. The molecule has 1 fully saturated rings. The van der Waals surface area contributed by atoms with E-state index in [1.54, 1.807) is 16.7 Å². The van der Waals surface area contributed by atoms with Crippen molar-refractivity contribution < 1.29 is 18.7 Å². The Balaban J connectivity index is 1.28. The Hall–Kier alpha value is -5.54. The standard InChI is InChI=1S/C39H35FN4O4/c40-31-19-17-27(18-20-31)23-41-38(46)32-24-42-25-33-43(34(29-13-6-2-7-14-29)30-15-8-3-9-16-30)21-10-22-44(33)39(47)35(42)37(36(32)45)48-26-28-11-4-1-5-12-28/h1-9,11-20,24,33-34H,10,21-23,25-26H2,(H,41,46). The third-order valence-electron chi connectivity index (χ3n) is 9.02. The SMILES string of the molecule is O=C(NCc1ccc(F)cc1)c1cn2c(c(OCc3ccccc3)c1=O)C(=O)N1CCCN(C(c3ccccc3)c3ccccc3)C1C2. The molecule has 0 spiro atoms. The summed E-state index contributed by atoms with van der Waals surface area (Å²) < 4.78 is 21.3. The van der Waals surface area contributed by atoms with E-state index in [9.17, 15) is 18.8 Å². The van der Waals surface area contributed by atoms with Crippen molar-refractivity contribution in [1.29, 1.82) is 0 Å². The van der Waals surface area contributed by atoms with Crippen molar-refractivity contribution in [1.82, 2.24) is 19.7 Å². The summed E-state index contributed by atoms with van der Waals surface area (Å²) in [5, 5.41) is 2.78. The molecule has 2 amide bonds. The highest BCUT2D eigenvalue weighted by atomic mass is 19.1. The van der Waals surface area contributed by atoms with Gasteiger partial charge in [-0.05, 0) is 40.8 Å². The smallest absolute Gasteiger partial charge is 0.275 e. The molecule has 1 aromatic heterocycles. The molecule has 3 heterocycles. The number of ether oxygens (including phenoxy) is 1. The average molecular weight is 643 g/mol. The minimum Gasteiger partial charge on any atom is -0.483 e. The van der Waals surface area contributed by atoms with E-state index in [0.717, 1.165) is 29.7 Å². The highest BCUT2D eigenvalue weighted by Crippen LogP contribution is 2.37. The third kappa shape index (κ3) is 6.24. The number of benzene rings is 4. The van der Waals surface area contributed by atoms with Gasteiger partial charge in [0.1, 0.15) is 24.2 Å². The van der Waals surface area contributed by atoms with Crippen LogP contribution < -0.4 is 15.5 Å². The van der Waals surface area contributed by atoms with Gasteiger partial charge in [0.15, 0.2) is 11.4 Å². The lowest BCUT2D eigenvalue weighted by Gasteiger charge is -2.50. The molecule has 1 atom stereocenters. The zero-order chi connectivity index (χ0) is 33.0. The van der Waals surface area contributed by atoms with Gasteiger partial charge < -0.3 is 19.5 Å². The molecule has 1 saturated heterocycles.